The fourth-order valence-corrected chi connectivity index (χ4v) is 3.36. The molecule has 1 heterocycles. The molecule has 9 heteroatoms. The van der Waals surface area contributed by atoms with Crippen LogP contribution in [0, 0.1) is 17.1 Å². The molecule has 7 nitrogen and oxygen atoms in total. The summed E-state index contributed by atoms with van der Waals surface area (Å²) in [5.74, 6) is -1.21. The molecule has 1 N–H and O–H groups in total. The first kappa shape index (κ1) is 23.0. The van der Waals surface area contributed by atoms with Crippen LogP contribution in [0.25, 0.3) is 5.69 Å². The highest BCUT2D eigenvalue weighted by Crippen LogP contribution is 2.17. The third kappa shape index (κ3) is 4.95. The fourth-order valence-electron chi connectivity index (χ4n) is 3.12. The number of nitriles is 1. The van der Waals surface area contributed by atoms with E-state index in [1.807, 2.05) is 13.0 Å². The maximum absolute atomic E-state index is 13.2. The number of unbranched alkanes of at least 4 members (excludes halogenated alkanes) is 1. The van der Waals surface area contributed by atoms with Crippen LogP contribution in [0.2, 0.25) is 5.02 Å². The molecule has 1 amide bonds. The first-order chi connectivity index (χ1) is 15.3. The molecule has 0 saturated heterocycles. The van der Waals surface area contributed by atoms with Crippen LogP contribution in [0.1, 0.15) is 41.3 Å². The third-order valence-corrected chi connectivity index (χ3v) is 5.19. The van der Waals surface area contributed by atoms with Crippen LogP contribution in [0.3, 0.4) is 0 Å². The Kier molecular flexibility index (Phi) is 7.23. The summed E-state index contributed by atoms with van der Waals surface area (Å²) >= 11 is 6.00. The maximum atomic E-state index is 13.2. The number of hydrogen-bond donors (Lipinski definition) is 1. The average molecular weight is 455 g/mol. The number of carbonyl (C=O) groups excluding carboxylic acids is 1. The Bertz CT molecular complexity index is 1320. The number of halogens is 2. The molecule has 0 fully saturated rings. The number of aromatic nitrogens is 2. The van der Waals surface area contributed by atoms with E-state index in [1.165, 1.54) is 35.0 Å². The second kappa shape index (κ2) is 10.1. The summed E-state index contributed by atoms with van der Waals surface area (Å²) in [4.78, 5) is 38.9. The lowest BCUT2D eigenvalue weighted by atomic mass is 10.2. The summed E-state index contributed by atoms with van der Waals surface area (Å²) in [6.45, 7) is 2.24. The SMILES string of the molecule is CCCCn1cc(C(=O)NCc2ccc(F)cc2Cl)c(=O)n(-c2cccc(C#N)c2)c1=O. The van der Waals surface area contributed by atoms with E-state index in [9.17, 15) is 18.8 Å². The van der Waals surface area contributed by atoms with Gasteiger partial charge in [0, 0.05) is 24.3 Å². The van der Waals surface area contributed by atoms with Gasteiger partial charge in [0.15, 0.2) is 0 Å². The summed E-state index contributed by atoms with van der Waals surface area (Å²) in [5.41, 5.74) is -0.698. The molecule has 0 atom stereocenters. The van der Waals surface area contributed by atoms with Crippen molar-refractivity contribution in [3.8, 4) is 11.8 Å². The highest BCUT2D eigenvalue weighted by Gasteiger charge is 2.19. The Morgan fingerprint density at radius 3 is 2.69 bits per heavy atom. The fraction of sp³-hybridized carbons (Fsp3) is 0.217. The number of amides is 1. The summed E-state index contributed by atoms with van der Waals surface area (Å²) in [6.07, 6.45) is 2.72. The molecule has 3 aromatic rings. The number of aryl methyl sites for hydroxylation is 1. The molecule has 0 aliphatic carbocycles. The van der Waals surface area contributed by atoms with Crippen molar-refractivity contribution >= 4 is 17.5 Å². The van der Waals surface area contributed by atoms with Gasteiger partial charge in [0.25, 0.3) is 11.5 Å². The molecule has 1 aromatic heterocycles. The van der Waals surface area contributed by atoms with E-state index in [1.54, 1.807) is 12.1 Å². The van der Waals surface area contributed by atoms with Crippen LogP contribution in [0.15, 0.2) is 58.3 Å². The van der Waals surface area contributed by atoms with E-state index in [2.05, 4.69) is 5.32 Å². The molecular formula is C23H20ClFN4O3. The van der Waals surface area contributed by atoms with Gasteiger partial charge < -0.3 is 5.32 Å². The lowest BCUT2D eigenvalue weighted by Gasteiger charge is -2.13. The van der Waals surface area contributed by atoms with Crippen molar-refractivity contribution in [1.29, 1.82) is 5.26 Å². The van der Waals surface area contributed by atoms with Gasteiger partial charge in [0.2, 0.25) is 0 Å². The monoisotopic (exact) mass is 454 g/mol. The molecule has 0 aliphatic rings. The zero-order valence-electron chi connectivity index (χ0n) is 17.3. The van der Waals surface area contributed by atoms with Crippen molar-refractivity contribution < 1.29 is 9.18 Å². The summed E-state index contributed by atoms with van der Waals surface area (Å²) < 4.78 is 15.4. The number of benzene rings is 2. The molecule has 0 bridgehead atoms. The van der Waals surface area contributed by atoms with Crippen molar-refractivity contribution in [2.75, 3.05) is 0 Å². The lowest BCUT2D eigenvalue weighted by Crippen LogP contribution is -2.43. The second-order valence-corrected chi connectivity index (χ2v) is 7.50. The van der Waals surface area contributed by atoms with Gasteiger partial charge in [-0.2, -0.15) is 5.26 Å². The Labute approximate surface area is 188 Å². The number of carbonyl (C=O) groups is 1. The van der Waals surface area contributed by atoms with Crippen LogP contribution >= 0.6 is 11.6 Å². The van der Waals surface area contributed by atoms with Crippen molar-refractivity contribution in [3.63, 3.8) is 0 Å². The van der Waals surface area contributed by atoms with Crippen LogP contribution < -0.4 is 16.6 Å². The Hall–Kier alpha value is -3.70. The van der Waals surface area contributed by atoms with Gasteiger partial charge in [0.05, 0.1) is 17.3 Å². The second-order valence-electron chi connectivity index (χ2n) is 7.09. The predicted octanol–water partition coefficient (Wildman–Crippen LogP) is 3.39. The topological polar surface area (TPSA) is 96.9 Å². The number of rotatable bonds is 7. The Morgan fingerprint density at radius 2 is 2.00 bits per heavy atom. The number of nitrogens with zero attached hydrogens (tertiary/aromatic N) is 3. The average Bonchev–Trinajstić information content (AvgIpc) is 2.78. The highest BCUT2D eigenvalue weighted by atomic mass is 35.5. The molecule has 2 aromatic carbocycles. The van der Waals surface area contributed by atoms with Crippen molar-refractivity contribution in [2.45, 2.75) is 32.9 Å². The summed E-state index contributed by atoms with van der Waals surface area (Å²) in [5, 5.41) is 11.9. The first-order valence-electron chi connectivity index (χ1n) is 9.95. The number of nitrogens with one attached hydrogen (secondary N) is 1. The van der Waals surface area contributed by atoms with Gasteiger partial charge in [-0.25, -0.2) is 13.8 Å². The van der Waals surface area contributed by atoms with E-state index >= 15 is 0 Å². The van der Waals surface area contributed by atoms with Gasteiger partial charge in [-0.15, -0.1) is 0 Å². The largest absolute Gasteiger partial charge is 0.348 e. The van der Waals surface area contributed by atoms with Gasteiger partial charge in [-0.05, 0) is 42.3 Å². The first-order valence-corrected chi connectivity index (χ1v) is 10.3. The molecule has 0 unspecified atom stereocenters. The molecule has 32 heavy (non-hydrogen) atoms. The molecule has 0 aliphatic heterocycles. The zero-order valence-corrected chi connectivity index (χ0v) is 18.0. The van der Waals surface area contributed by atoms with Crippen molar-refractivity contribution in [1.82, 2.24) is 14.5 Å². The quantitative estimate of drug-likeness (QED) is 0.591. The minimum atomic E-state index is -0.805. The van der Waals surface area contributed by atoms with Gasteiger partial charge in [-0.1, -0.05) is 37.1 Å². The molecule has 0 spiro atoms. The Balaban J connectivity index is 2.04. The van der Waals surface area contributed by atoms with Crippen LogP contribution in [-0.2, 0) is 13.1 Å². The molecule has 164 valence electrons. The van der Waals surface area contributed by atoms with Gasteiger partial charge in [-0.3, -0.25) is 14.2 Å². The van der Waals surface area contributed by atoms with Crippen LogP contribution in [-0.4, -0.2) is 15.0 Å². The zero-order chi connectivity index (χ0) is 23.3. The van der Waals surface area contributed by atoms with Crippen molar-refractivity contribution in [2.24, 2.45) is 0 Å². The van der Waals surface area contributed by atoms with E-state index in [-0.39, 0.29) is 28.4 Å². The molecule has 0 radical (unpaired) electrons. The van der Waals surface area contributed by atoms with E-state index in [0.717, 1.165) is 17.1 Å². The summed E-state index contributed by atoms with van der Waals surface area (Å²) in [7, 11) is 0. The predicted molar refractivity (Wildman–Crippen MR) is 119 cm³/mol. The minimum Gasteiger partial charge on any atom is -0.348 e. The highest BCUT2D eigenvalue weighted by molar-refractivity contribution is 6.31. The third-order valence-electron chi connectivity index (χ3n) is 4.84. The normalized spacial score (nSPS) is 10.6. The summed E-state index contributed by atoms with van der Waals surface area (Å²) in [6, 6.07) is 11.8. The van der Waals surface area contributed by atoms with E-state index < -0.39 is 23.0 Å². The Morgan fingerprint density at radius 1 is 1.22 bits per heavy atom. The van der Waals surface area contributed by atoms with Crippen LogP contribution in [0.5, 0.6) is 0 Å². The number of hydrogen-bond acceptors (Lipinski definition) is 4. The maximum Gasteiger partial charge on any atom is 0.335 e. The van der Waals surface area contributed by atoms with E-state index in [0.29, 0.717) is 18.5 Å². The minimum absolute atomic E-state index is 0.0324. The standard InChI is InChI=1S/C23H20ClFN4O3/c1-2-3-9-28-14-19(21(30)27-13-16-7-8-17(25)11-20(16)24)22(31)29(23(28)32)18-6-4-5-15(10-18)12-26/h4-8,10-11,14H,2-3,9,13H2,1H3,(H,27,30). The molecule has 0 saturated carbocycles. The molecular weight excluding hydrogens is 435 g/mol. The van der Waals surface area contributed by atoms with Crippen LogP contribution in [0.4, 0.5) is 4.39 Å². The van der Waals surface area contributed by atoms with Gasteiger partial charge in [0.1, 0.15) is 11.4 Å². The van der Waals surface area contributed by atoms with E-state index in [4.69, 9.17) is 16.9 Å². The van der Waals surface area contributed by atoms with Gasteiger partial charge >= 0.3 is 5.69 Å². The lowest BCUT2D eigenvalue weighted by molar-refractivity contribution is 0.0948. The molecule has 3 rings (SSSR count). The van der Waals surface area contributed by atoms with Crippen molar-refractivity contribution in [3.05, 3.63) is 97.0 Å². The smallest absolute Gasteiger partial charge is 0.335 e.